The van der Waals surface area contributed by atoms with Crippen molar-refractivity contribution in [2.45, 2.75) is 6.92 Å². The van der Waals surface area contributed by atoms with Crippen LogP contribution in [-0.4, -0.2) is 23.3 Å². The Morgan fingerprint density at radius 2 is 2.38 bits per heavy atom. The number of hydrogen-bond acceptors (Lipinski definition) is 3. The number of rotatable bonds is 4. The maximum atomic E-state index is 12.3. The molecule has 13 heavy (non-hydrogen) atoms. The van der Waals surface area contributed by atoms with E-state index in [1.807, 2.05) is 6.92 Å². The molecule has 0 aliphatic carbocycles. The molecular weight excluding hydrogens is 173 g/mol. The molecule has 1 rings (SSSR count). The van der Waals surface area contributed by atoms with Crippen molar-refractivity contribution in [1.82, 2.24) is 4.98 Å². The smallest absolute Gasteiger partial charge is 0.213 e. The topological polar surface area (TPSA) is 42.4 Å². The average molecular weight is 185 g/mol. The molecule has 0 saturated heterocycles. The standard InChI is InChI=1S/C9H12FNO2/c1-7(5-12)6-13-8-2-3-9(10)11-4-8/h2-4,7,12H,5-6H2,1H3. The quantitative estimate of drug-likeness (QED) is 0.717. The molecule has 72 valence electrons. The van der Waals surface area contributed by atoms with Crippen molar-refractivity contribution in [2.24, 2.45) is 5.92 Å². The Kier molecular flexibility index (Phi) is 3.64. The van der Waals surface area contributed by atoms with Crippen LogP contribution in [-0.2, 0) is 0 Å². The van der Waals surface area contributed by atoms with Gasteiger partial charge in [0.2, 0.25) is 5.95 Å². The number of aromatic nitrogens is 1. The van der Waals surface area contributed by atoms with E-state index in [2.05, 4.69) is 4.98 Å². The molecule has 0 fully saturated rings. The van der Waals surface area contributed by atoms with Crippen LogP contribution in [0.3, 0.4) is 0 Å². The lowest BCUT2D eigenvalue weighted by Gasteiger charge is -2.09. The van der Waals surface area contributed by atoms with E-state index >= 15 is 0 Å². The minimum atomic E-state index is -0.525. The summed E-state index contributed by atoms with van der Waals surface area (Å²) in [5.74, 6) is 0.0642. The van der Waals surface area contributed by atoms with E-state index in [0.29, 0.717) is 12.4 Å². The van der Waals surface area contributed by atoms with Crippen LogP contribution in [0.4, 0.5) is 4.39 Å². The zero-order chi connectivity index (χ0) is 9.68. The SMILES string of the molecule is CC(CO)COc1ccc(F)nc1. The summed E-state index contributed by atoms with van der Waals surface area (Å²) in [5, 5.41) is 8.70. The van der Waals surface area contributed by atoms with Gasteiger partial charge in [-0.1, -0.05) is 6.92 Å². The highest BCUT2D eigenvalue weighted by Gasteiger charge is 2.01. The summed E-state index contributed by atoms with van der Waals surface area (Å²) in [6.45, 7) is 2.34. The highest BCUT2D eigenvalue weighted by molar-refractivity contribution is 5.15. The fourth-order valence-electron chi connectivity index (χ4n) is 0.739. The second kappa shape index (κ2) is 4.77. The number of hydrogen-bond donors (Lipinski definition) is 1. The third-order valence-electron chi connectivity index (χ3n) is 1.55. The summed E-state index contributed by atoms with van der Waals surface area (Å²) in [6, 6.07) is 2.74. The zero-order valence-corrected chi connectivity index (χ0v) is 7.40. The largest absolute Gasteiger partial charge is 0.492 e. The van der Waals surface area contributed by atoms with Crippen molar-refractivity contribution in [2.75, 3.05) is 13.2 Å². The van der Waals surface area contributed by atoms with Crippen LogP contribution in [0.2, 0.25) is 0 Å². The average Bonchev–Trinajstić information content (AvgIpc) is 2.16. The van der Waals surface area contributed by atoms with Gasteiger partial charge in [0.15, 0.2) is 0 Å². The van der Waals surface area contributed by atoms with Gasteiger partial charge in [-0.05, 0) is 12.1 Å². The first-order valence-corrected chi connectivity index (χ1v) is 4.07. The minimum absolute atomic E-state index is 0.0741. The Hall–Kier alpha value is -1.16. The Morgan fingerprint density at radius 3 is 2.92 bits per heavy atom. The molecule has 3 nitrogen and oxygen atoms in total. The van der Waals surface area contributed by atoms with Crippen molar-refractivity contribution in [1.29, 1.82) is 0 Å². The van der Waals surface area contributed by atoms with E-state index in [0.717, 1.165) is 0 Å². The van der Waals surface area contributed by atoms with Crippen LogP contribution >= 0.6 is 0 Å². The normalized spacial score (nSPS) is 12.5. The Bertz CT molecular complexity index is 250. The molecule has 0 saturated carbocycles. The summed E-state index contributed by atoms with van der Waals surface area (Å²) >= 11 is 0. The van der Waals surface area contributed by atoms with Gasteiger partial charge in [-0.15, -0.1) is 0 Å². The first kappa shape index (κ1) is 9.92. The van der Waals surface area contributed by atoms with Crippen LogP contribution < -0.4 is 4.74 Å². The molecule has 0 aromatic carbocycles. The summed E-state index contributed by atoms with van der Waals surface area (Å²) in [7, 11) is 0. The van der Waals surface area contributed by atoms with Crippen molar-refractivity contribution < 1.29 is 14.2 Å². The first-order valence-electron chi connectivity index (χ1n) is 4.07. The van der Waals surface area contributed by atoms with Crippen LogP contribution in [0, 0.1) is 11.9 Å². The van der Waals surface area contributed by atoms with Crippen LogP contribution in [0.25, 0.3) is 0 Å². The van der Waals surface area contributed by atoms with Gasteiger partial charge in [-0.2, -0.15) is 4.39 Å². The van der Waals surface area contributed by atoms with E-state index in [-0.39, 0.29) is 12.5 Å². The Balaban J connectivity index is 2.41. The van der Waals surface area contributed by atoms with Gasteiger partial charge in [0.25, 0.3) is 0 Å². The van der Waals surface area contributed by atoms with Gasteiger partial charge in [0.1, 0.15) is 5.75 Å². The predicted octanol–water partition coefficient (Wildman–Crippen LogP) is 1.23. The molecule has 0 spiro atoms. The molecule has 1 atom stereocenters. The van der Waals surface area contributed by atoms with Crippen LogP contribution in [0.1, 0.15) is 6.92 Å². The molecule has 0 bridgehead atoms. The van der Waals surface area contributed by atoms with E-state index in [9.17, 15) is 4.39 Å². The number of halogens is 1. The van der Waals surface area contributed by atoms with E-state index < -0.39 is 5.95 Å². The number of nitrogens with zero attached hydrogens (tertiary/aromatic N) is 1. The lowest BCUT2D eigenvalue weighted by molar-refractivity contribution is 0.174. The summed E-state index contributed by atoms with van der Waals surface area (Å²) in [5.41, 5.74) is 0. The van der Waals surface area contributed by atoms with Crippen LogP contribution in [0.5, 0.6) is 5.75 Å². The third kappa shape index (κ3) is 3.38. The van der Waals surface area contributed by atoms with Crippen molar-refractivity contribution in [3.05, 3.63) is 24.3 Å². The van der Waals surface area contributed by atoms with E-state index in [1.165, 1.54) is 18.3 Å². The predicted molar refractivity (Wildman–Crippen MR) is 45.9 cm³/mol. The van der Waals surface area contributed by atoms with Gasteiger partial charge >= 0.3 is 0 Å². The molecule has 0 radical (unpaired) electrons. The first-order chi connectivity index (χ1) is 6.22. The monoisotopic (exact) mass is 185 g/mol. The number of pyridine rings is 1. The Labute approximate surface area is 76.2 Å². The summed E-state index contributed by atoms with van der Waals surface area (Å²) in [4.78, 5) is 3.43. The fourth-order valence-corrected chi connectivity index (χ4v) is 0.739. The van der Waals surface area contributed by atoms with Gasteiger partial charge in [0.05, 0.1) is 12.8 Å². The zero-order valence-electron chi connectivity index (χ0n) is 7.40. The second-order valence-corrected chi connectivity index (χ2v) is 2.92. The molecule has 1 N–H and O–H groups in total. The molecule has 0 aliphatic heterocycles. The number of aliphatic hydroxyl groups excluding tert-OH is 1. The fraction of sp³-hybridized carbons (Fsp3) is 0.444. The maximum Gasteiger partial charge on any atom is 0.213 e. The van der Waals surface area contributed by atoms with Crippen molar-refractivity contribution >= 4 is 0 Å². The van der Waals surface area contributed by atoms with Crippen molar-refractivity contribution in [3.63, 3.8) is 0 Å². The Morgan fingerprint density at radius 1 is 1.62 bits per heavy atom. The lowest BCUT2D eigenvalue weighted by atomic mass is 10.2. The second-order valence-electron chi connectivity index (χ2n) is 2.92. The minimum Gasteiger partial charge on any atom is -0.492 e. The third-order valence-corrected chi connectivity index (χ3v) is 1.55. The molecule has 0 amide bonds. The van der Waals surface area contributed by atoms with Gasteiger partial charge < -0.3 is 9.84 Å². The highest BCUT2D eigenvalue weighted by atomic mass is 19.1. The molecule has 1 heterocycles. The van der Waals surface area contributed by atoms with Gasteiger partial charge in [-0.3, -0.25) is 0 Å². The molecular formula is C9H12FNO2. The van der Waals surface area contributed by atoms with E-state index in [1.54, 1.807) is 0 Å². The lowest BCUT2D eigenvalue weighted by Crippen LogP contribution is -2.12. The maximum absolute atomic E-state index is 12.3. The van der Waals surface area contributed by atoms with Gasteiger partial charge in [-0.25, -0.2) is 4.98 Å². The molecule has 1 aromatic heterocycles. The summed E-state index contributed by atoms with van der Waals surface area (Å²) < 4.78 is 17.6. The number of ether oxygens (including phenoxy) is 1. The van der Waals surface area contributed by atoms with Crippen molar-refractivity contribution in [3.8, 4) is 5.75 Å². The van der Waals surface area contributed by atoms with Gasteiger partial charge in [0, 0.05) is 12.5 Å². The van der Waals surface area contributed by atoms with Crippen LogP contribution in [0.15, 0.2) is 18.3 Å². The molecule has 1 unspecified atom stereocenters. The molecule has 1 aromatic rings. The highest BCUT2D eigenvalue weighted by Crippen LogP contribution is 2.09. The number of aliphatic hydroxyl groups is 1. The molecule has 0 aliphatic rings. The molecule has 4 heteroatoms. The summed E-state index contributed by atoms with van der Waals surface area (Å²) in [6.07, 6.45) is 1.32. The van der Waals surface area contributed by atoms with E-state index in [4.69, 9.17) is 9.84 Å².